The molecule has 0 saturated heterocycles. The maximum atomic E-state index is 12.8. The predicted octanol–water partition coefficient (Wildman–Crippen LogP) is 3.28. The molecule has 0 fully saturated rings. The highest BCUT2D eigenvalue weighted by Crippen LogP contribution is 2.15. The maximum Gasteiger partial charge on any atom is 0.317 e. The normalized spacial score (nSPS) is 10.1. The zero-order valence-corrected chi connectivity index (χ0v) is 12.7. The highest BCUT2D eigenvalue weighted by atomic mass is 19.1. The van der Waals surface area contributed by atoms with Crippen LogP contribution in [-0.2, 0) is 6.54 Å². The van der Waals surface area contributed by atoms with Crippen LogP contribution >= 0.6 is 0 Å². The number of nitrogens with one attached hydrogen (secondary N) is 2. The number of benzene rings is 2. The second-order valence-corrected chi connectivity index (χ2v) is 5.02. The van der Waals surface area contributed by atoms with E-state index in [2.05, 4.69) is 10.6 Å². The first-order valence-electron chi connectivity index (χ1n) is 7.01. The van der Waals surface area contributed by atoms with Gasteiger partial charge in [-0.25, -0.2) is 9.18 Å². The molecule has 0 radical (unpaired) electrons. The number of aryl methyl sites for hydroxylation is 2. The van der Waals surface area contributed by atoms with Crippen molar-refractivity contribution in [2.45, 2.75) is 20.4 Å². The van der Waals surface area contributed by atoms with Crippen molar-refractivity contribution in [3.8, 4) is 5.75 Å². The largest absolute Gasteiger partial charge is 0.473 e. The van der Waals surface area contributed by atoms with Crippen molar-refractivity contribution >= 4 is 6.03 Å². The first kappa shape index (κ1) is 15.8. The van der Waals surface area contributed by atoms with Gasteiger partial charge in [-0.05, 0) is 54.8 Å². The number of carbonyl (C=O) groups excluding carboxylic acids is 1. The van der Waals surface area contributed by atoms with Crippen LogP contribution in [0.25, 0.3) is 0 Å². The fourth-order valence-electron chi connectivity index (χ4n) is 1.84. The third-order valence-corrected chi connectivity index (χ3v) is 3.32. The molecule has 0 saturated carbocycles. The Bertz CT molecular complexity index is 642. The van der Waals surface area contributed by atoms with Crippen molar-refractivity contribution in [2.24, 2.45) is 0 Å². The Labute approximate surface area is 129 Å². The van der Waals surface area contributed by atoms with Crippen LogP contribution in [0.15, 0.2) is 42.5 Å². The summed E-state index contributed by atoms with van der Waals surface area (Å²) in [7, 11) is 0. The zero-order chi connectivity index (χ0) is 15.9. The van der Waals surface area contributed by atoms with E-state index >= 15 is 0 Å². The molecule has 2 amide bonds. The lowest BCUT2D eigenvalue weighted by molar-refractivity contribution is 0.223. The first-order chi connectivity index (χ1) is 10.5. The quantitative estimate of drug-likeness (QED) is 0.833. The third kappa shape index (κ3) is 4.77. The van der Waals surface area contributed by atoms with Crippen LogP contribution in [0, 0.1) is 19.7 Å². The predicted molar refractivity (Wildman–Crippen MR) is 83.2 cm³/mol. The summed E-state index contributed by atoms with van der Waals surface area (Å²) in [6, 6.07) is 11.4. The lowest BCUT2D eigenvalue weighted by Crippen LogP contribution is -2.37. The van der Waals surface area contributed by atoms with Gasteiger partial charge in [-0.15, -0.1) is 0 Å². The molecule has 116 valence electrons. The highest BCUT2D eigenvalue weighted by Gasteiger charge is 2.01. The topological polar surface area (TPSA) is 50.4 Å². The monoisotopic (exact) mass is 302 g/mol. The Hall–Kier alpha value is -2.56. The molecule has 0 bridgehead atoms. The molecular weight excluding hydrogens is 283 g/mol. The molecule has 0 heterocycles. The minimum absolute atomic E-state index is 0.0811. The second-order valence-electron chi connectivity index (χ2n) is 5.02. The van der Waals surface area contributed by atoms with Gasteiger partial charge in [0.2, 0.25) is 0 Å². The molecule has 22 heavy (non-hydrogen) atoms. The maximum absolute atomic E-state index is 12.8. The summed E-state index contributed by atoms with van der Waals surface area (Å²) in [6.07, 6.45) is 0. The molecule has 5 heteroatoms. The Kier molecular flexibility index (Phi) is 5.36. The standard InChI is InChI=1S/C17H19FN2O2/c1-12-3-8-16(9-13(12)2)22-11-20-17(21)19-10-14-4-6-15(18)7-5-14/h3-9H,10-11H2,1-2H3,(H2,19,20,21). The molecule has 2 aromatic rings. The summed E-state index contributed by atoms with van der Waals surface area (Å²) < 4.78 is 18.2. The van der Waals surface area contributed by atoms with Crippen LogP contribution in [0.2, 0.25) is 0 Å². The smallest absolute Gasteiger partial charge is 0.317 e. The van der Waals surface area contributed by atoms with E-state index in [9.17, 15) is 9.18 Å². The van der Waals surface area contributed by atoms with Crippen molar-refractivity contribution < 1.29 is 13.9 Å². The molecule has 0 aliphatic rings. The van der Waals surface area contributed by atoms with E-state index in [1.165, 1.54) is 17.7 Å². The van der Waals surface area contributed by atoms with Gasteiger partial charge >= 0.3 is 6.03 Å². The molecule has 0 aromatic heterocycles. The van der Waals surface area contributed by atoms with E-state index in [1.54, 1.807) is 12.1 Å². The number of amides is 2. The van der Waals surface area contributed by atoms with Crippen LogP contribution in [0.4, 0.5) is 9.18 Å². The van der Waals surface area contributed by atoms with Crippen LogP contribution in [0.1, 0.15) is 16.7 Å². The summed E-state index contributed by atoms with van der Waals surface area (Å²) in [6.45, 7) is 4.44. The van der Waals surface area contributed by atoms with Gasteiger partial charge in [0.15, 0.2) is 6.73 Å². The average Bonchev–Trinajstić information content (AvgIpc) is 2.50. The Morgan fingerprint density at radius 3 is 2.45 bits per heavy atom. The molecule has 0 atom stereocenters. The summed E-state index contributed by atoms with van der Waals surface area (Å²) in [5.74, 6) is 0.414. The number of ether oxygens (including phenoxy) is 1. The third-order valence-electron chi connectivity index (χ3n) is 3.32. The van der Waals surface area contributed by atoms with Gasteiger partial charge in [-0.3, -0.25) is 0 Å². The highest BCUT2D eigenvalue weighted by molar-refractivity contribution is 5.73. The number of hydrogen-bond acceptors (Lipinski definition) is 2. The van der Waals surface area contributed by atoms with E-state index in [0.29, 0.717) is 12.3 Å². The Morgan fingerprint density at radius 2 is 1.77 bits per heavy atom. The summed E-state index contributed by atoms with van der Waals surface area (Å²) in [5.41, 5.74) is 3.15. The fraction of sp³-hybridized carbons (Fsp3) is 0.235. The number of carbonyl (C=O) groups is 1. The minimum Gasteiger partial charge on any atom is -0.473 e. The second kappa shape index (κ2) is 7.45. The van der Waals surface area contributed by atoms with Crippen molar-refractivity contribution in [3.63, 3.8) is 0 Å². The lowest BCUT2D eigenvalue weighted by atomic mass is 10.1. The van der Waals surface area contributed by atoms with Crippen molar-refractivity contribution in [1.82, 2.24) is 10.6 Å². The minimum atomic E-state index is -0.340. The zero-order valence-electron chi connectivity index (χ0n) is 12.7. The summed E-state index contributed by atoms with van der Waals surface area (Å²) in [5, 5.41) is 5.27. The van der Waals surface area contributed by atoms with Gasteiger partial charge in [-0.1, -0.05) is 18.2 Å². The summed E-state index contributed by atoms with van der Waals surface area (Å²) >= 11 is 0. The van der Waals surface area contributed by atoms with Gasteiger partial charge in [-0.2, -0.15) is 0 Å². The number of halogens is 1. The molecule has 0 aliphatic carbocycles. The van der Waals surface area contributed by atoms with Gasteiger partial charge in [0.1, 0.15) is 11.6 Å². The van der Waals surface area contributed by atoms with Crippen LogP contribution in [0.3, 0.4) is 0 Å². The van der Waals surface area contributed by atoms with Crippen LogP contribution in [-0.4, -0.2) is 12.8 Å². The number of rotatable bonds is 5. The molecule has 4 nitrogen and oxygen atoms in total. The first-order valence-corrected chi connectivity index (χ1v) is 7.01. The van der Waals surface area contributed by atoms with Crippen molar-refractivity contribution in [2.75, 3.05) is 6.73 Å². The lowest BCUT2D eigenvalue weighted by Gasteiger charge is -2.10. The number of urea groups is 1. The Morgan fingerprint density at radius 1 is 1.05 bits per heavy atom. The molecular formula is C17H19FN2O2. The van der Waals surface area contributed by atoms with E-state index in [-0.39, 0.29) is 18.6 Å². The van der Waals surface area contributed by atoms with E-state index in [0.717, 1.165) is 11.1 Å². The van der Waals surface area contributed by atoms with Gasteiger partial charge < -0.3 is 15.4 Å². The van der Waals surface area contributed by atoms with Gasteiger partial charge in [0, 0.05) is 6.54 Å². The van der Waals surface area contributed by atoms with Crippen molar-refractivity contribution in [1.29, 1.82) is 0 Å². The average molecular weight is 302 g/mol. The van der Waals surface area contributed by atoms with Crippen LogP contribution < -0.4 is 15.4 Å². The van der Waals surface area contributed by atoms with Crippen LogP contribution in [0.5, 0.6) is 5.75 Å². The van der Waals surface area contributed by atoms with E-state index in [4.69, 9.17) is 4.74 Å². The Balaban J connectivity index is 1.71. The molecule has 0 unspecified atom stereocenters. The summed E-state index contributed by atoms with van der Waals surface area (Å²) in [4.78, 5) is 11.6. The van der Waals surface area contributed by atoms with E-state index < -0.39 is 0 Å². The molecule has 2 aromatic carbocycles. The van der Waals surface area contributed by atoms with Gasteiger partial charge in [0.05, 0.1) is 0 Å². The fourth-order valence-corrected chi connectivity index (χ4v) is 1.84. The SMILES string of the molecule is Cc1ccc(OCNC(=O)NCc2ccc(F)cc2)cc1C. The molecule has 0 spiro atoms. The molecule has 2 N–H and O–H groups in total. The molecule has 0 aliphatic heterocycles. The molecule has 2 rings (SSSR count). The number of hydrogen-bond donors (Lipinski definition) is 2. The van der Waals surface area contributed by atoms with E-state index in [1.807, 2.05) is 32.0 Å². The van der Waals surface area contributed by atoms with Crippen molar-refractivity contribution in [3.05, 3.63) is 65.0 Å². The van der Waals surface area contributed by atoms with Gasteiger partial charge in [0.25, 0.3) is 0 Å².